The van der Waals surface area contributed by atoms with Crippen LogP contribution in [-0.4, -0.2) is 29.7 Å². The average Bonchev–Trinajstić information content (AvgIpc) is 3.00. The molecule has 24 heavy (non-hydrogen) atoms. The van der Waals surface area contributed by atoms with Gasteiger partial charge in [0.2, 0.25) is 5.91 Å². The topological polar surface area (TPSA) is 70.6 Å². The van der Waals surface area contributed by atoms with Gasteiger partial charge >= 0.3 is 0 Å². The third-order valence-electron chi connectivity index (χ3n) is 4.01. The molecule has 0 aliphatic carbocycles. The van der Waals surface area contributed by atoms with Gasteiger partial charge in [-0.2, -0.15) is 0 Å². The van der Waals surface area contributed by atoms with Gasteiger partial charge in [0.1, 0.15) is 12.4 Å². The number of benzene rings is 2. The van der Waals surface area contributed by atoms with Crippen LogP contribution < -0.4 is 15.4 Å². The number of aryl methyl sites for hydroxylation is 1. The number of aliphatic hydroxyl groups is 1. The lowest BCUT2D eigenvalue weighted by Gasteiger charge is -2.12. The molecule has 1 aliphatic heterocycles. The first kappa shape index (κ1) is 16.5. The number of carbonyl (C=O) groups is 1. The van der Waals surface area contributed by atoms with Crippen LogP contribution in [0.5, 0.6) is 5.75 Å². The quantitative estimate of drug-likeness (QED) is 0.788. The molecular weight excluding hydrogens is 304 g/mol. The number of β-amino-alcohol motifs (C(OH)–C–C–N with tert-alkyl or cyclic N) is 1. The lowest BCUT2D eigenvalue weighted by atomic mass is 10.1. The first-order chi connectivity index (χ1) is 11.6. The van der Waals surface area contributed by atoms with Crippen molar-refractivity contribution in [3.05, 3.63) is 59.7 Å². The van der Waals surface area contributed by atoms with E-state index in [0.29, 0.717) is 31.0 Å². The normalized spacial score (nSPS) is 19.9. The van der Waals surface area contributed by atoms with E-state index >= 15 is 0 Å². The Morgan fingerprint density at radius 3 is 2.88 bits per heavy atom. The number of carbonyl (C=O) groups excluding carboxylic acids is 1. The second-order valence-electron chi connectivity index (χ2n) is 6.15. The summed E-state index contributed by atoms with van der Waals surface area (Å²) >= 11 is 0. The minimum atomic E-state index is -0.454. The van der Waals surface area contributed by atoms with E-state index in [1.54, 1.807) is 6.07 Å². The maximum Gasteiger partial charge on any atom is 0.241 e. The van der Waals surface area contributed by atoms with Crippen LogP contribution in [0.2, 0.25) is 0 Å². The van der Waals surface area contributed by atoms with Crippen molar-refractivity contribution in [2.45, 2.75) is 32.1 Å². The van der Waals surface area contributed by atoms with E-state index in [-0.39, 0.29) is 11.9 Å². The maximum atomic E-state index is 12.2. The van der Waals surface area contributed by atoms with Gasteiger partial charge < -0.3 is 20.5 Å². The fraction of sp³-hybridized carbons (Fsp3) is 0.316. The van der Waals surface area contributed by atoms with Gasteiger partial charge in [0.25, 0.3) is 0 Å². The molecular formula is C19H22N2O3. The van der Waals surface area contributed by atoms with Crippen molar-refractivity contribution < 1.29 is 14.6 Å². The summed E-state index contributed by atoms with van der Waals surface area (Å²) in [6.45, 7) is 2.99. The monoisotopic (exact) mass is 326 g/mol. The molecule has 3 rings (SSSR count). The van der Waals surface area contributed by atoms with E-state index in [2.05, 4.69) is 16.7 Å². The van der Waals surface area contributed by atoms with Crippen molar-refractivity contribution in [2.75, 3.05) is 11.9 Å². The van der Waals surface area contributed by atoms with Crippen molar-refractivity contribution in [2.24, 2.45) is 0 Å². The molecule has 2 unspecified atom stereocenters. The third kappa shape index (κ3) is 4.34. The van der Waals surface area contributed by atoms with Gasteiger partial charge in [0, 0.05) is 18.3 Å². The minimum absolute atomic E-state index is 0.137. The SMILES string of the molecule is Cc1cccc(COc2cccc(NC(=O)C3CC(O)CN3)c2)c1. The van der Waals surface area contributed by atoms with Crippen LogP contribution in [0.15, 0.2) is 48.5 Å². The lowest BCUT2D eigenvalue weighted by Crippen LogP contribution is -2.35. The Morgan fingerprint density at radius 2 is 2.12 bits per heavy atom. The highest BCUT2D eigenvalue weighted by Gasteiger charge is 2.27. The zero-order chi connectivity index (χ0) is 16.9. The lowest BCUT2D eigenvalue weighted by molar-refractivity contribution is -0.117. The summed E-state index contributed by atoms with van der Waals surface area (Å²) in [6.07, 6.45) is -0.0141. The summed E-state index contributed by atoms with van der Waals surface area (Å²) in [6, 6.07) is 15.2. The number of anilines is 1. The molecule has 0 spiro atoms. The Hall–Kier alpha value is -2.37. The van der Waals surface area contributed by atoms with Gasteiger partial charge in [-0.15, -0.1) is 0 Å². The Morgan fingerprint density at radius 1 is 1.29 bits per heavy atom. The molecule has 0 saturated carbocycles. The zero-order valence-electron chi connectivity index (χ0n) is 13.7. The van der Waals surface area contributed by atoms with Gasteiger partial charge in [-0.25, -0.2) is 0 Å². The van der Waals surface area contributed by atoms with Crippen LogP contribution in [0, 0.1) is 6.92 Å². The first-order valence-electron chi connectivity index (χ1n) is 8.11. The first-order valence-corrected chi connectivity index (χ1v) is 8.11. The number of hydrogen-bond acceptors (Lipinski definition) is 4. The molecule has 2 atom stereocenters. The van der Waals surface area contributed by atoms with E-state index in [0.717, 1.165) is 5.56 Å². The van der Waals surface area contributed by atoms with Crippen LogP contribution in [0.4, 0.5) is 5.69 Å². The summed E-state index contributed by atoms with van der Waals surface area (Å²) in [5, 5.41) is 15.4. The Kier molecular flexibility index (Phi) is 5.13. The highest BCUT2D eigenvalue weighted by atomic mass is 16.5. The van der Waals surface area contributed by atoms with Crippen molar-refractivity contribution in [1.82, 2.24) is 5.32 Å². The molecule has 1 saturated heterocycles. The predicted octanol–water partition coefficient (Wildman–Crippen LogP) is 2.24. The predicted molar refractivity (Wildman–Crippen MR) is 93.0 cm³/mol. The van der Waals surface area contributed by atoms with Gasteiger partial charge in [-0.05, 0) is 31.0 Å². The molecule has 126 valence electrons. The fourth-order valence-electron chi connectivity index (χ4n) is 2.78. The minimum Gasteiger partial charge on any atom is -0.489 e. The van der Waals surface area contributed by atoms with Gasteiger partial charge in [-0.3, -0.25) is 4.79 Å². The summed E-state index contributed by atoms with van der Waals surface area (Å²) in [5.41, 5.74) is 2.99. The molecule has 0 radical (unpaired) electrons. The van der Waals surface area contributed by atoms with E-state index in [9.17, 15) is 9.90 Å². The maximum absolute atomic E-state index is 12.2. The summed E-state index contributed by atoms with van der Waals surface area (Å²) in [5.74, 6) is 0.566. The number of hydrogen-bond donors (Lipinski definition) is 3. The molecule has 1 amide bonds. The third-order valence-corrected chi connectivity index (χ3v) is 4.01. The molecule has 3 N–H and O–H groups in total. The van der Waals surface area contributed by atoms with Crippen LogP contribution in [0.3, 0.4) is 0 Å². The van der Waals surface area contributed by atoms with E-state index in [1.807, 2.05) is 43.3 Å². The molecule has 5 heteroatoms. The Labute approximate surface area is 141 Å². The van der Waals surface area contributed by atoms with Crippen LogP contribution >= 0.6 is 0 Å². The number of nitrogens with one attached hydrogen (secondary N) is 2. The van der Waals surface area contributed by atoms with E-state index in [4.69, 9.17) is 4.74 Å². The van der Waals surface area contributed by atoms with E-state index < -0.39 is 6.10 Å². The number of amides is 1. The van der Waals surface area contributed by atoms with Gasteiger partial charge in [0.05, 0.1) is 12.1 Å². The number of rotatable bonds is 5. The Balaban J connectivity index is 1.58. The van der Waals surface area contributed by atoms with Gasteiger partial charge in [-0.1, -0.05) is 35.9 Å². The van der Waals surface area contributed by atoms with Gasteiger partial charge in [0.15, 0.2) is 0 Å². The van der Waals surface area contributed by atoms with Crippen molar-refractivity contribution >= 4 is 11.6 Å². The molecule has 2 aromatic carbocycles. The Bertz CT molecular complexity index is 717. The molecule has 0 bridgehead atoms. The number of ether oxygens (including phenoxy) is 1. The highest BCUT2D eigenvalue weighted by molar-refractivity contribution is 5.95. The highest BCUT2D eigenvalue weighted by Crippen LogP contribution is 2.20. The molecule has 1 aliphatic rings. The largest absolute Gasteiger partial charge is 0.489 e. The van der Waals surface area contributed by atoms with Crippen LogP contribution in [0.25, 0.3) is 0 Å². The molecule has 0 aromatic heterocycles. The van der Waals surface area contributed by atoms with Crippen molar-refractivity contribution in [3.8, 4) is 5.75 Å². The number of aliphatic hydroxyl groups excluding tert-OH is 1. The fourth-order valence-corrected chi connectivity index (χ4v) is 2.78. The second-order valence-corrected chi connectivity index (χ2v) is 6.15. The molecule has 1 heterocycles. The van der Waals surface area contributed by atoms with E-state index in [1.165, 1.54) is 5.56 Å². The summed E-state index contributed by atoms with van der Waals surface area (Å²) < 4.78 is 5.80. The smallest absolute Gasteiger partial charge is 0.241 e. The van der Waals surface area contributed by atoms with Crippen molar-refractivity contribution in [1.29, 1.82) is 0 Å². The molecule has 5 nitrogen and oxygen atoms in total. The second kappa shape index (κ2) is 7.47. The zero-order valence-corrected chi connectivity index (χ0v) is 13.7. The molecule has 2 aromatic rings. The van der Waals surface area contributed by atoms with Crippen LogP contribution in [-0.2, 0) is 11.4 Å². The standard InChI is InChI=1S/C19H22N2O3/c1-13-4-2-5-14(8-13)12-24-17-7-3-6-15(9-17)21-19(23)18-10-16(22)11-20-18/h2-9,16,18,20,22H,10-12H2,1H3,(H,21,23). The van der Waals surface area contributed by atoms with Crippen molar-refractivity contribution in [3.63, 3.8) is 0 Å². The molecule has 1 fully saturated rings. The average molecular weight is 326 g/mol. The van der Waals surface area contributed by atoms with Crippen LogP contribution in [0.1, 0.15) is 17.5 Å². The summed E-state index contributed by atoms with van der Waals surface area (Å²) in [7, 11) is 0. The summed E-state index contributed by atoms with van der Waals surface area (Å²) in [4.78, 5) is 12.2.